The van der Waals surface area contributed by atoms with E-state index >= 15 is 0 Å². The predicted molar refractivity (Wildman–Crippen MR) is 80.5 cm³/mol. The molecule has 2 aromatic carbocycles. The maximum Gasteiger partial charge on any atom is 0.343 e. The van der Waals surface area contributed by atoms with E-state index in [2.05, 4.69) is 0 Å². The molecule has 7 nitrogen and oxygen atoms in total. The van der Waals surface area contributed by atoms with Gasteiger partial charge in [0, 0.05) is 12.1 Å². The monoisotopic (exact) mass is 315 g/mol. The Bertz CT molecular complexity index is 756. The molecule has 0 amide bonds. The molecule has 0 heterocycles. The van der Waals surface area contributed by atoms with Gasteiger partial charge in [0.05, 0.1) is 17.1 Å². The Morgan fingerprint density at radius 3 is 2.52 bits per heavy atom. The number of ether oxygens (including phenoxy) is 2. The predicted octanol–water partition coefficient (Wildman–Crippen LogP) is 2.99. The first kappa shape index (κ1) is 16.2. The zero-order valence-electron chi connectivity index (χ0n) is 12.2. The third kappa shape index (κ3) is 3.91. The van der Waals surface area contributed by atoms with Gasteiger partial charge in [0.1, 0.15) is 11.3 Å². The van der Waals surface area contributed by atoms with Gasteiger partial charge < -0.3 is 9.47 Å². The highest BCUT2D eigenvalue weighted by Gasteiger charge is 2.18. The number of carbonyl (C=O) groups excluding carboxylic acids is 2. The quantitative estimate of drug-likeness (QED) is 0.364. The molecule has 0 bridgehead atoms. The minimum atomic E-state index is -0.801. The summed E-state index contributed by atoms with van der Waals surface area (Å²) in [6, 6.07) is 11.3. The van der Waals surface area contributed by atoms with E-state index in [-0.39, 0.29) is 29.2 Å². The van der Waals surface area contributed by atoms with Crippen LogP contribution in [-0.4, -0.2) is 23.5 Å². The van der Waals surface area contributed by atoms with E-state index in [1.54, 1.807) is 19.1 Å². The van der Waals surface area contributed by atoms with E-state index in [0.29, 0.717) is 0 Å². The van der Waals surface area contributed by atoms with Crippen molar-refractivity contribution in [2.24, 2.45) is 0 Å². The summed E-state index contributed by atoms with van der Waals surface area (Å²) >= 11 is 0. The van der Waals surface area contributed by atoms with Crippen LogP contribution in [0.1, 0.15) is 27.6 Å². The first-order valence-corrected chi connectivity index (χ1v) is 6.75. The van der Waals surface area contributed by atoms with Gasteiger partial charge in [-0.3, -0.25) is 10.1 Å². The summed E-state index contributed by atoms with van der Waals surface area (Å²) in [5, 5.41) is 10.7. The van der Waals surface area contributed by atoms with Gasteiger partial charge in [-0.2, -0.15) is 0 Å². The molecule has 0 fully saturated rings. The van der Waals surface area contributed by atoms with Crippen LogP contribution in [0.2, 0.25) is 0 Å². The van der Waals surface area contributed by atoms with Crippen LogP contribution < -0.4 is 4.74 Å². The molecule has 2 aromatic rings. The number of benzene rings is 2. The number of nitro groups is 1. The van der Waals surface area contributed by atoms with Crippen LogP contribution in [0.4, 0.5) is 5.69 Å². The SMILES string of the molecule is CCOC(=O)c1ccccc1OC(=O)c1cccc([N+](=O)[O-])c1. The fourth-order valence-electron chi connectivity index (χ4n) is 1.84. The lowest BCUT2D eigenvalue weighted by Gasteiger charge is -2.09. The molecular weight excluding hydrogens is 302 g/mol. The lowest BCUT2D eigenvalue weighted by molar-refractivity contribution is -0.384. The zero-order valence-corrected chi connectivity index (χ0v) is 12.2. The maximum atomic E-state index is 12.1. The van der Waals surface area contributed by atoms with Gasteiger partial charge in [-0.25, -0.2) is 9.59 Å². The van der Waals surface area contributed by atoms with Gasteiger partial charge in [0.15, 0.2) is 0 Å². The summed E-state index contributed by atoms with van der Waals surface area (Å²) < 4.78 is 10.1. The Hall–Kier alpha value is -3.22. The van der Waals surface area contributed by atoms with Crippen molar-refractivity contribution in [3.8, 4) is 5.75 Å². The fourth-order valence-corrected chi connectivity index (χ4v) is 1.84. The molecule has 23 heavy (non-hydrogen) atoms. The third-order valence-electron chi connectivity index (χ3n) is 2.88. The number of esters is 2. The van der Waals surface area contributed by atoms with Gasteiger partial charge in [-0.15, -0.1) is 0 Å². The Labute approximate surface area is 131 Å². The van der Waals surface area contributed by atoms with E-state index in [1.165, 1.54) is 30.3 Å². The Balaban J connectivity index is 2.26. The molecular formula is C16H13NO6. The number of hydrogen-bond acceptors (Lipinski definition) is 6. The molecule has 2 rings (SSSR count). The lowest BCUT2D eigenvalue weighted by atomic mass is 10.2. The third-order valence-corrected chi connectivity index (χ3v) is 2.88. The summed E-state index contributed by atoms with van der Waals surface area (Å²) in [5.41, 5.74) is -0.107. The van der Waals surface area contributed by atoms with E-state index in [4.69, 9.17) is 9.47 Å². The van der Waals surface area contributed by atoms with Crippen molar-refractivity contribution in [2.45, 2.75) is 6.92 Å². The largest absolute Gasteiger partial charge is 0.462 e. The standard InChI is InChI=1S/C16H13NO6/c1-2-22-16(19)13-8-3-4-9-14(13)23-15(18)11-6-5-7-12(10-11)17(20)21/h3-10H,2H2,1H3. The van der Waals surface area contributed by atoms with Gasteiger partial charge in [0.25, 0.3) is 5.69 Å². The summed E-state index contributed by atoms with van der Waals surface area (Å²) in [6.45, 7) is 1.85. The molecule has 0 aliphatic carbocycles. The molecule has 0 saturated carbocycles. The van der Waals surface area contributed by atoms with Crippen LogP contribution in [0.25, 0.3) is 0 Å². The number of hydrogen-bond donors (Lipinski definition) is 0. The molecule has 0 aliphatic rings. The first-order valence-electron chi connectivity index (χ1n) is 6.75. The first-order chi connectivity index (χ1) is 11.0. The minimum absolute atomic E-state index is 0.0119. The molecule has 0 atom stereocenters. The highest BCUT2D eigenvalue weighted by atomic mass is 16.6. The Kier molecular flexibility index (Phi) is 5.03. The molecule has 118 valence electrons. The molecule has 0 unspecified atom stereocenters. The summed E-state index contributed by atoms with van der Waals surface area (Å²) in [7, 11) is 0. The van der Waals surface area contributed by atoms with Crippen molar-refractivity contribution >= 4 is 17.6 Å². The highest BCUT2D eigenvalue weighted by Crippen LogP contribution is 2.21. The van der Waals surface area contributed by atoms with Crippen molar-refractivity contribution in [2.75, 3.05) is 6.61 Å². The summed E-state index contributed by atoms with van der Waals surface area (Å²) in [6.07, 6.45) is 0. The molecule has 7 heteroatoms. The average Bonchev–Trinajstić information content (AvgIpc) is 2.55. The maximum absolute atomic E-state index is 12.1. The van der Waals surface area contributed by atoms with Gasteiger partial charge in [-0.05, 0) is 25.1 Å². The van der Waals surface area contributed by atoms with E-state index < -0.39 is 16.9 Å². The smallest absolute Gasteiger partial charge is 0.343 e. The Morgan fingerprint density at radius 2 is 1.83 bits per heavy atom. The number of non-ortho nitro benzene ring substituents is 1. The summed E-state index contributed by atoms with van der Waals surface area (Å²) in [5.74, 6) is -1.39. The summed E-state index contributed by atoms with van der Waals surface area (Å²) in [4.78, 5) is 34.1. The average molecular weight is 315 g/mol. The molecule has 0 aliphatic heterocycles. The van der Waals surface area contributed by atoms with Crippen molar-refractivity contribution in [3.63, 3.8) is 0 Å². The molecule has 0 N–H and O–H groups in total. The van der Waals surface area contributed by atoms with E-state index in [1.807, 2.05) is 0 Å². The van der Waals surface area contributed by atoms with Crippen LogP contribution in [-0.2, 0) is 4.74 Å². The topological polar surface area (TPSA) is 95.7 Å². The molecule has 0 spiro atoms. The molecule has 0 saturated heterocycles. The number of nitro benzene ring substituents is 1. The zero-order chi connectivity index (χ0) is 16.8. The number of para-hydroxylation sites is 1. The van der Waals surface area contributed by atoms with Crippen LogP contribution in [0.5, 0.6) is 5.75 Å². The number of nitrogens with zero attached hydrogens (tertiary/aromatic N) is 1. The fraction of sp³-hybridized carbons (Fsp3) is 0.125. The van der Waals surface area contributed by atoms with Gasteiger partial charge in [-0.1, -0.05) is 18.2 Å². The van der Waals surface area contributed by atoms with E-state index in [0.717, 1.165) is 6.07 Å². The van der Waals surface area contributed by atoms with Gasteiger partial charge >= 0.3 is 11.9 Å². The Morgan fingerprint density at radius 1 is 1.09 bits per heavy atom. The highest BCUT2D eigenvalue weighted by molar-refractivity contribution is 5.96. The normalized spacial score (nSPS) is 9.96. The van der Waals surface area contributed by atoms with Crippen molar-refractivity contribution < 1.29 is 24.0 Å². The van der Waals surface area contributed by atoms with Crippen molar-refractivity contribution in [1.29, 1.82) is 0 Å². The second-order valence-electron chi connectivity index (χ2n) is 4.41. The molecule has 0 radical (unpaired) electrons. The van der Waals surface area contributed by atoms with Crippen molar-refractivity contribution in [1.82, 2.24) is 0 Å². The lowest BCUT2D eigenvalue weighted by Crippen LogP contribution is -2.13. The van der Waals surface area contributed by atoms with Gasteiger partial charge in [0.2, 0.25) is 0 Å². The van der Waals surface area contributed by atoms with Crippen LogP contribution in [0, 0.1) is 10.1 Å². The number of rotatable bonds is 5. The minimum Gasteiger partial charge on any atom is -0.462 e. The molecule has 0 aromatic heterocycles. The van der Waals surface area contributed by atoms with E-state index in [9.17, 15) is 19.7 Å². The second-order valence-corrected chi connectivity index (χ2v) is 4.41. The van der Waals surface area contributed by atoms with Crippen molar-refractivity contribution in [3.05, 3.63) is 69.8 Å². The van der Waals surface area contributed by atoms with Crippen LogP contribution in [0.15, 0.2) is 48.5 Å². The van der Waals surface area contributed by atoms with Crippen LogP contribution >= 0.6 is 0 Å². The second kappa shape index (κ2) is 7.17. The van der Waals surface area contributed by atoms with Crippen LogP contribution in [0.3, 0.4) is 0 Å². The number of carbonyl (C=O) groups is 2.